The number of aryl methyl sites for hydroxylation is 1. The number of nitrogens with one attached hydrogen (secondary N) is 1. The Kier molecular flexibility index (Phi) is 3.65. The highest BCUT2D eigenvalue weighted by Crippen LogP contribution is 2.27. The lowest BCUT2D eigenvalue weighted by molar-refractivity contribution is 0.327. The Morgan fingerprint density at radius 3 is 2.76 bits per heavy atom. The van der Waals surface area contributed by atoms with Crippen molar-refractivity contribution in [1.82, 2.24) is 9.71 Å². The van der Waals surface area contributed by atoms with Gasteiger partial charge in [-0.1, -0.05) is 23.7 Å². The van der Waals surface area contributed by atoms with Gasteiger partial charge in [-0.25, -0.2) is 18.1 Å². The van der Waals surface area contributed by atoms with E-state index in [0.717, 1.165) is 10.9 Å². The first-order chi connectivity index (χ1) is 9.87. The number of aromatic nitrogens is 1. The quantitative estimate of drug-likeness (QED) is 0.845. The molecule has 0 aliphatic heterocycles. The van der Waals surface area contributed by atoms with Crippen molar-refractivity contribution in [2.75, 3.05) is 0 Å². The Morgan fingerprint density at radius 1 is 1.38 bits per heavy atom. The Morgan fingerprint density at radius 2 is 2.10 bits per heavy atom. The van der Waals surface area contributed by atoms with Crippen LogP contribution in [0.15, 0.2) is 29.2 Å². The Hall–Kier alpha value is -1.21. The summed E-state index contributed by atoms with van der Waals surface area (Å²) in [5.41, 5.74) is 6.90. The van der Waals surface area contributed by atoms with Crippen LogP contribution in [0.5, 0.6) is 0 Å². The van der Waals surface area contributed by atoms with Crippen LogP contribution in [0.3, 0.4) is 0 Å². The third-order valence-electron chi connectivity index (χ3n) is 3.72. The molecule has 1 heterocycles. The zero-order valence-electron chi connectivity index (χ0n) is 11.5. The van der Waals surface area contributed by atoms with Crippen molar-refractivity contribution < 1.29 is 8.42 Å². The molecule has 3 rings (SSSR count). The number of sulfonamides is 1. The van der Waals surface area contributed by atoms with Crippen LogP contribution in [0.25, 0.3) is 10.9 Å². The second kappa shape index (κ2) is 5.21. The van der Waals surface area contributed by atoms with Gasteiger partial charge in [0.2, 0.25) is 10.0 Å². The topological polar surface area (TPSA) is 85.1 Å². The minimum absolute atomic E-state index is 0.0837. The molecule has 5 nitrogen and oxygen atoms in total. The van der Waals surface area contributed by atoms with Crippen LogP contribution in [0.4, 0.5) is 0 Å². The molecule has 0 amide bonds. The molecule has 7 heteroatoms. The molecule has 0 atom stereocenters. The third kappa shape index (κ3) is 2.76. The van der Waals surface area contributed by atoms with Gasteiger partial charge in [0.25, 0.3) is 0 Å². The molecule has 112 valence electrons. The van der Waals surface area contributed by atoms with Crippen molar-refractivity contribution in [3.05, 3.63) is 35.0 Å². The first-order valence-corrected chi connectivity index (χ1v) is 8.57. The minimum Gasteiger partial charge on any atom is -0.328 e. The summed E-state index contributed by atoms with van der Waals surface area (Å²) in [5.74, 6) is 0. The van der Waals surface area contributed by atoms with Gasteiger partial charge in [-0.2, -0.15) is 0 Å². The number of para-hydroxylation sites is 1. The molecule has 0 radical (unpaired) electrons. The average Bonchev–Trinajstić information content (AvgIpc) is 2.37. The van der Waals surface area contributed by atoms with Crippen LogP contribution in [-0.4, -0.2) is 25.5 Å². The fourth-order valence-electron chi connectivity index (χ4n) is 2.51. The Labute approximate surface area is 128 Å². The highest BCUT2D eigenvalue weighted by molar-refractivity contribution is 7.89. The van der Waals surface area contributed by atoms with E-state index in [1.807, 2.05) is 19.1 Å². The minimum atomic E-state index is -3.63. The summed E-state index contributed by atoms with van der Waals surface area (Å²) in [6.07, 6.45) is 1.33. The average molecular weight is 326 g/mol. The van der Waals surface area contributed by atoms with Gasteiger partial charge in [-0.3, -0.25) is 0 Å². The van der Waals surface area contributed by atoms with Gasteiger partial charge >= 0.3 is 0 Å². The van der Waals surface area contributed by atoms with Gasteiger partial charge < -0.3 is 5.73 Å². The number of hydrogen-bond donors (Lipinski definition) is 2. The van der Waals surface area contributed by atoms with Crippen LogP contribution >= 0.6 is 11.6 Å². The van der Waals surface area contributed by atoms with E-state index in [1.54, 1.807) is 12.1 Å². The molecule has 0 saturated heterocycles. The predicted octanol–water partition coefficient (Wildman–Crippen LogP) is 1.96. The van der Waals surface area contributed by atoms with Gasteiger partial charge in [0.1, 0.15) is 10.0 Å². The molecule has 0 spiro atoms. The first-order valence-electron chi connectivity index (χ1n) is 6.70. The standard InChI is InChI=1S/C14H16ClN3O2S/c1-8-5-9-3-2-4-12(13(9)17-14(8)15)21(19,20)18-11-6-10(16)7-11/h2-5,10-11,18H,6-7,16H2,1H3. The van der Waals surface area contributed by atoms with Crippen molar-refractivity contribution in [3.63, 3.8) is 0 Å². The van der Waals surface area contributed by atoms with E-state index >= 15 is 0 Å². The van der Waals surface area contributed by atoms with Crippen LogP contribution < -0.4 is 10.5 Å². The summed E-state index contributed by atoms with van der Waals surface area (Å²) in [7, 11) is -3.63. The van der Waals surface area contributed by atoms with Crippen LogP contribution in [-0.2, 0) is 10.0 Å². The molecular weight excluding hydrogens is 310 g/mol. The second-order valence-corrected chi connectivity index (χ2v) is 7.51. The van der Waals surface area contributed by atoms with Crippen LogP contribution in [0, 0.1) is 6.92 Å². The van der Waals surface area contributed by atoms with Crippen LogP contribution in [0.1, 0.15) is 18.4 Å². The maximum atomic E-state index is 12.5. The second-order valence-electron chi connectivity index (χ2n) is 5.47. The van der Waals surface area contributed by atoms with Gasteiger partial charge in [-0.15, -0.1) is 0 Å². The van der Waals surface area contributed by atoms with Crippen molar-refractivity contribution in [1.29, 1.82) is 0 Å². The van der Waals surface area contributed by atoms with E-state index in [2.05, 4.69) is 9.71 Å². The lowest BCUT2D eigenvalue weighted by Crippen LogP contribution is -2.50. The molecule has 2 aromatic rings. The highest BCUT2D eigenvalue weighted by atomic mass is 35.5. The SMILES string of the molecule is Cc1cc2cccc(S(=O)(=O)NC3CC(N)C3)c2nc1Cl. The lowest BCUT2D eigenvalue weighted by atomic mass is 9.89. The smallest absolute Gasteiger partial charge is 0.242 e. The predicted molar refractivity (Wildman–Crippen MR) is 82.8 cm³/mol. The maximum absolute atomic E-state index is 12.5. The number of benzene rings is 1. The fourth-order valence-corrected chi connectivity index (χ4v) is 4.09. The van der Waals surface area contributed by atoms with Gasteiger partial charge in [-0.05, 0) is 37.5 Å². The summed E-state index contributed by atoms with van der Waals surface area (Å²) >= 11 is 6.03. The van der Waals surface area contributed by atoms with E-state index in [4.69, 9.17) is 17.3 Å². The summed E-state index contributed by atoms with van der Waals surface area (Å²) in [5, 5.41) is 1.07. The van der Waals surface area contributed by atoms with Gasteiger partial charge in [0, 0.05) is 17.5 Å². The molecule has 0 bridgehead atoms. The first kappa shape index (κ1) is 14.7. The Balaban J connectivity index is 2.05. The molecule has 1 aromatic carbocycles. The van der Waals surface area contributed by atoms with Gasteiger partial charge in [0.15, 0.2) is 0 Å². The number of rotatable bonds is 3. The van der Waals surface area contributed by atoms with E-state index in [1.165, 1.54) is 0 Å². The molecule has 21 heavy (non-hydrogen) atoms. The number of nitrogens with two attached hydrogens (primary N) is 1. The normalized spacial score (nSPS) is 22.2. The van der Waals surface area contributed by atoms with Gasteiger partial charge in [0.05, 0.1) is 5.52 Å². The number of pyridine rings is 1. The van der Waals surface area contributed by atoms with E-state index in [-0.39, 0.29) is 17.0 Å². The summed E-state index contributed by atoms with van der Waals surface area (Å²) < 4.78 is 27.7. The van der Waals surface area contributed by atoms with Crippen molar-refractivity contribution in [2.45, 2.75) is 36.7 Å². The zero-order valence-corrected chi connectivity index (χ0v) is 13.1. The van der Waals surface area contributed by atoms with Crippen molar-refractivity contribution in [3.8, 4) is 0 Å². The fraction of sp³-hybridized carbons (Fsp3) is 0.357. The molecule has 0 unspecified atom stereocenters. The molecule has 1 saturated carbocycles. The van der Waals surface area contributed by atoms with E-state index in [0.29, 0.717) is 23.5 Å². The number of fused-ring (bicyclic) bond motifs is 1. The maximum Gasteiger partial charge on any atom is 0.242 e. The molecule has 1 aliphatic carbocycles. The summed E-state index contributed by atoms with van der Waals surface area (Å²) in [6, 6.07) is 6.90. The number of hydrogen-bond acceptors (Lipinski definition) is 4. The summed E-state index contributed by atoms with van der Waals surface area (Å²) in [4.78, 5) is 4.38. The molecule has 3 N–H and O–H groups in total. The summed E-state index contributed by atoms with van der Waals surface area (Å²) in [6.45, 7) is 1.84. The van der Waals surface area contributed by atoms with E-state index in [9.17, 15) is 8.42 Å². The van der Waals surface area contributed by atoms with E-state index < -0.39 is 10.0 Å². The molecular formula is C14H16ClN3O2S. The lowest BCUT2D eigenvalue weighted by Gasteiger charge is -2.32. The third-order valence-corrected chi connectivity index (χ3v) is 5.66. The highest BCUT2D eigenvalue weighted by Gasteiger charge is 2.31. The van der Waals surface area contributed by atoms with Crippen molar-refractivity contribution >= 4 is 32.5 Å². The Bertz CT molecular complexity index is 801. The zero-order chi connectivity index (χ0) is 15.2. The molecule has 1 fully saturated rings. The number of nitrogens with zero attached hydrogens (tertiary/aromatic N) is 1. The largest absolute Gasteiger partial charge is 0.328 e. The molecule has 1 aromatic heterocycles. The number of halogens is 1. The van der Waals surface area contributed by atoms with Crippen molar-refractivity contribution in [2.24, 2.45) is 5.73 Å². The monoisotopic (exact) mass is 325 g/mol. The van der Waals surface area contributed by atoms with Crippen LogP contribution in [0.2, 0.25) is 5.15 Å². The molecule has 1 aliphatic rings.